The van der Waals surface area contributed by atoms with Gasteiger partial charge in [0, 0.05) is 72.1 Å². The van der Waals surface area contributed by atoms with Crippen molar-refractivity contribution in [2.45, 2.75) is 39.0 Å². The second kappa shape index (κ2) is 44.3. The van der Waals surface area contributed by atoms with Crippen LogP contribution in [0, 0.1) is 16.3 Å². The molecule has 0 aliphatic carbocycles. The van der Waals surface area contributed by atoms with Crippen molar-refractivity contribution in [3.63, 3.8) is 0 Å². The van der Waals surface area contributed by atoms with E-state index in [0.29, 0.717) is 82.9 Å². The number of halogens is 5. The van der Waals surface area contributed by atoms with Crippen LogP contribution in [0.15, 0.2) is 247 Å². The predicted octanol–water partition coefficient (Wildman–Crippen LogP) is 15.7. The van der Waals surface area contributed by atoms with Crippen LogP contribution >= 0.6 is 62.5 Å². The number of anilines is 5. The number of benzene rings is 10. The fourth-order valence-corrected chi connectivity index (χ4v) is 11.3. The Morgan fingerprint density at radius 2 is 0.602 bits per heavy atom. The number of nitrogens with two attached hydrogens (primary N) is 5. The lowest BCUT2D eigenvalue weighted by molar-refractivity contribution is -0.123. The summed E-state index contributed by atoms with van der Waals surface area (Å²) in [5.41, 5.74) is 41.1. The Hall–Kier alpha value is -12.5. The SMILES string of the molecule is Cc1ccc2nc(Cc3ccccc3)nc(N)c2c1.Cl.Nc1nc(Cc2ccccc2)nc2ccc(Br)cc12.Nc1nc(Cc2ccccc2)nc2ccc(Cl)cc12.Nc1nc(Cc2ccccc2)nc2ccc(F)cc12.Nc1nc(Cc2ccccc2)nc2ccc(I)cc12.O=CO.O=CO.O=CO.O=CO. The van der Waals surface area contributed by atoms with Crippen molar-refractivity contribution in [3.05, 3.63) is 324 Å². The van der Waals surface area contributed by atoms with Crippen LogP contribution in [0.3, 0.4) is 0 Å². The number of nitrogens with zero attached hydrogens (tertiary/aromatic N) is 10. The van der Waals surface area contributed by atoms with Crippen molar-refractivity contribution in [1.82, 2.24) is 49.8 Å². The van der Waals surface area contributed by atoms with Crippen molar-refractivity contribution in [3.8, 4) is 0 Å². The minimum Gasteiger partial charge on any atom is -0.483 e. The Morgan fingerprint density at radius 3 is 0.926 bits per heavy atom. The molecule has 28 heteroatoms. The summed E-state index contributed by atoms with van der Waals surface area (Å²) in [6.07, 6.45) is 3.38. The van der Waals surface area contributed by atoms with Gasteiger partial charge in [0.1, 0.15) is 64.0 Å². The van der Waals surface area contributed by atoms with Gasteiger partial charge in [-0.25, -0.2) is 54.2 Å². The molecular weight excluding hydrogens is 1600 g/mol. The summed E-state index contributed by atoms with van der Waals surface area (Å²) in [7, 11) is 0. The van der Waals surface area contributed by atoms with Gasteiger partial charge in [-0.1, -0.05) is 191 Å². The Kier molecular flexibility index (Phi) is 34.7. The molecule has 5 aromatic heterocycles. The van der Waals surface area contributed by atoms with Crippen LogP contribution in [0.1, 0.15) is 62.5 Å². The van der Waals surface area contributed by atoms with Gasteiger partial charge in [-0.2, -0.15) is 0 Å². The zero-order valence-electron chi connectivity index (χ0n) is 57.6. The van der Waals surface area contributed by atoms with E-state index in [1.165, 1.54) is 34.4 Å². The number of aromatic nitrogens is 10. The molecule has 0 fully saturated rings. The quantitative estimate of drug-likeness (QED) is 0.0453. The number of carbonyl (C=O) groups is 4. The van der Waals surface area contributed by atoms with E-state index in [9.17, 15) is 4.39 Å². The van der Waals surface area contributed by atoms with Gasteiger partial charge in [0.2, 0.25) is 0 Å². The van der Waals surface area contributed by atoms with Crippen LogP contribution < -0.4 is 28.7 Å². The van der Waals surface area contributed by atoms with Crippen LogP contribution in [0.25, 0.3) is 54.5 Å². The maximum Gasteiger partial charge on any atom is 0.290 e. The second-order valence-electron chi connectivity index (χ2n) is 22.5. The van der Waals surface area contributed by atoms with Crippen molar-refractivity contribution in [2.24, 2.45) is 0 Å². The largest absolute Gasteiger partial charge is 0.483 e. The number of hydrogen-bond acceptors (Lipinski definition) is 19. The number of aryl methyl sites for hydroxylation is 1. The van der Waals surface area contributed by atoms with Gasteiger partial charge in [-0.3, -0.25) is 19.2 Å². The first-order valence-electron chi connectivity index (χ1n) is 32.2. The molecule has 0 radical (unpaired) electrons. The van der Waals surface area contributed by atoms with Crippen LogP contribution in [0.2, 0.25) is 5.02 Å². The summed E-state index contributed by atoms with van der Waals surface area (Å²) in [5.74, 6) is 5.72. The van der Waals surface area contributed by atoms with Gasteiger partial charge >= 0.3 is 0 Å². The van der Waals surface area contributed by atoms with Crippen LogP contribution in [0.5, 0.6) is 0 Å². The van der Waals surface area contributed by atoms with E-state index in [-0.39, 0.29) is 44.1 Å². The number of carboxylic acid groups (broad SMARTS) is 4. The lowest BCUT2D eigenvalue weighted by Crippen LogP contribution is -2.02. The van der Waals surface area contributed by atoms with Crippen molar-refractivity contribution in [1.29, 1.82) is 0 Å². The summed E-state index contributed by atoms with van der Waals surface area (Å²) < 4.78 is 15.3. The maximum absolute atomic E-state index is 13.2. The van der Waals surface area contributed by atoms with Crippen molar-refractivity contribution < 1.29 is 44.0 Å². The first kappa shape index (κ1) is 84.4. The highest BCUT2D eigenvalue weighted by atomic mass is 127. The third-order valence-electron chi connectivity index (χ3n) is 14.9. The van der Waals surface area contributed by atoms with Gasteiger partial charge in [-0.05, 0) is 142 Å². The molecular formula is C80H72BrCl2FIN15O8. The fraction of sp³-hybridized carbons (Fsp3) is 0.0750. The molecule has 0 saturated carbocycles. The molecule has 14 N–H and O–H groups in total. The molecule has 15 rings (SSSR count). The summed E-state index contributed by atoms with van der Waals surface area (Å²) in [6.45, 7) is 1.04. The third kappa shape index (κ3) is 26.9. The standard InChI is InChI=1S/C16H15N3.C15H12BrN3.C15H12ClN3.C15H12FN3.C15H12IN3.4CH2O2.ClH/c1-11-7-8-14-13(9-11)16(17)19-15(18-14)10-12-5-3-2-4-6-12;4*16-11-6-7-13-12(9-11)15(17)19-14(18-13)8-10-4-2-1-3-5-10;4*2-1-3;/h2-9H,10H2,1H3,(H2,17,18,19);4*1-7,9H,8H2,(H2,17,18,19);4*1H,(H,2,3);1H. The van der Waals surface area contributed by atoms with Gasteiger partial charge < -0.3 is 49.1 Å². The highest BCUT2D eigenvalue weighted by Crippen LogP contribution is 2.27. The normalized spacial score (nSPS) is 9.94. The molecule has 0 unspecified atom stereocenters. The van der Waals surface area contributed by atoms with Crippen molar-refractivity contribution >= 4 is 172 Å². The van der Waals surface area contributed by atoms with E-state index in [1.54, 1.807) is 12.1 Å². The molecule has 0 bridgehead atoms. The Morgan fingerprint density at radius 1 is 0.352 bits per heavy atom. The monoisotopic (exact) mass is 1670 g/mol. The molecule has 10 aromatic carbocycles. The number of fused-ring (bicyclic) bond motifs is 5. The lowest BCUT2D eigenvalue weighted by atomic mass is 10.1. The molecule has 5 heterocycles. The summed E-state index contributed by atoms with van der Waals surface area (Å²) in [6, 6.07) is 78.2. The van der Waals surface area contributed by atoms with E-state index in [4.69, 9.17) is 79.9 Å². The van der Waals surface area contributed by atoms with Crippen molar-refractivity contribution in [2.75, 3.05) is 28.7 Å². The summed E-state index contributed by atoms with van der Waals surface area (Å²) >= 11 is 11.6. The van der Waals surface area contributed by atoms with E-state index in [0.717, 1.165) is 86.1 Å². The zero-order valence-corrected chi connectivity index (χ0v) is 63.0. The first-order valence-corrected chi connectivity index (χ1v) is 34.4. The highest BCUT2D eigenvalue weighted by molar-refractivity contribution is 14.1. The fourth-order valence-electron chi connectivity index (χ4n) is 10.3. The van der Waals surface area contributed by atoms with Gasteiger partial charge in [0.15, 0.2) is 0 Å². The lowest BCUT2D eigenvalue weighted by Gasteiger charge is -2.06. The molecule has 0 spiro atoms. The van der Waals surface area contributed by atoms with Crippen LogP contribution in [0.4, 0.5) is 33.5 Å². The Labute approximate surface area is 653 Å². The molecule has 0 atom stereocenters. The molecule has 0 amide bonds. The smallest absolute Gasteiger partial charge is 0.290 e. The molecule has 0 aliphatic heterocycles. The number of rotatable bonds is 10. The second-order valence-corrected chi connectivity index (χ2v) is 25.1. The zero-order chi connectivity index (χ0) is 77.0. The molecule has 0 saturated heterocycles. The Balaban J connectivity index is 0.000000203. The van der Waals surface area contributed by atoms with Gasteiger partial charge in [0.25, 0.3) is 25.9 Å². The van der Waals surface area contributed by atoms with E-state index >= 15 is 0 Å². The third-order valence-corrected chi connectivity index (χ3v) is 16.3. The molecule has 23 nitrogen and oxygen atoms in total. The summed E-state index contributed by atoms with van der Waals surface area (Å²) in [4.78, 5) is 77.9. The average molecular weight is 1670 g/mol. The topological polar surface area (TPSA) is 408 Å². The molecule has 15 aromatic rings. The maximum atomic E-state index is 13.2. The van der Waals surface area contributed by atoms with Crippen LogP contribution in [-0.4, -0.2) is 96.2 Å². The van der Waals surface area contributed by atoms with Gasteiger partial charge in [-0.15, -0.1) is 12.4 Å². The number of hydrogen-bond donors (Lipinski definition) is 9. The molecule has 0 aliphatic rings. The van der Waals surface area contributed by atoms with Crippen LogP contribution in [-0.2, 0) is 51.3 Å². The summed E-state index contributed by atoms with van der Waals surface area (Å²) in [5, 5.41) is 32.3. The Bertz CT molecular complexity index is 4630. The molecule has 108 heavy (non-hydrogen) atoms. The minimum absolute atomic E-state index is 0. The van der Waals surface area contributed by atoms with Gasteiger partial charge in [0.05, 0.1) is 27.6 Å². The first-order chi connectivity index (χ1) is 51.8. The van der Waals surface area contributed by atoms with E-state index in [1.807, 2.05) is 189 Å². The highest BCUT2D eigenvalue weighted by Gasteiger charge is 2.12. The number of nitrogen functional groups attached to an aromatic ring is 5. The average Bonchev–Trinajstić information content (AvgIpc) is 0.836. The predicted molar refractivity (Wildman–Crippen MR) is 438 cm³/mol. The van der Waals surface area contributed by atoms with E-state index < -0.39 is 0 Å². The minimum atomic E-state index is -0.335. The molecule has 550 valence electrons. The van der Waals surface area contributed by atoms with E-state index in [2.05, 4.69) is 125 Å².